The molecule has 0 spiro atoms. The van der Waals surface area contributed by atoms with E-state index in [4.69, 9.17) is 17.0 Å². The van der Waals surface area contributed by atoms with E-state index in [1.807, 2.05) is 66.9 Å². The lowest BCUT2D eigenvalue weighted by atomic mass is 10.0. The van der Waals surface area contributed by atoms with Crippen molar-refractivity contribution in [3.8, 4) is 0 Å². The molecule has 2 saturated heterocycles. The zero-order valence-electron chi connectivity index (χ0n) is 21.1. The maximum atomic E-state index is 13.1. The lowest BCUT2D eigenvalue weighted by Gasteiger charge is -2.29. The van der Waals surface area contributed by atoms with Gasteiger partial charge in [0.2, 0.25) is 5.91 Å². The third-order valence-electron chi connectivity index (χ3n) is 7.43. The normalized spacial score (nSPS) is 21.1. The minimum atomic E-state index is -0.122. The predicted octanol–water partition coefficient (Wildman–Crippen LogP) is 5.22. The number of hydrogen-bond acceptors (Lipinski definition) is 4. The molecule has 6 rings (SSSR count). The third-order valence-corrected chi connectivity index (χ3v) is 7.79. The molecule has 2 aromatic carbocycles. The summed E-state index contributed by atoms with van der Waals surface area (Å²) in [5, 5.41) is 9.37. The van der Waals surface area contributed by atoms with Crippen molar-refractivity contribution in [3.05, 3.63) is 96.6 Å². The topological polar surface area (TPSA) is 71.4 Å². The second kappa shape index (κ2) is 10.9. The van der Waals surface area contributed by atoms with Gasteiger partial charge in [0, 0.05) is 55.3 Å². The Kier molecular flexibility index (Phi) is 7.07. The quantitative estimate of drug-likeness (QED) is 0.308. The zero-order chi connectivity index (χ0) is 25.9. The first-order chi connectivity index (χ1) is 18.7. The van der Waals surface area contributed by atoms with Gasteiger partial charge in [-0.2, -0.15) is 0 Å². The maximum absolute atomic E-state index is 13.1. The smallest absolute Gasteiger partial charge is 0.226 e. The number of benzene rings is 2. The summed E-state index contributed by atoms with van der Waals surface area (Å²) in [6, 6.07) is 24.0. The van der Waals surface area contributed by atoms with Crippen LogP contribution >= 0.6 is 12.2 Å². The molecule has 8 heteroatoms. The summed E-state index contributed by atoms with van der Waals surface area (Å²) in [5.41, 5.74) is 2.88. The molecule has 7 nitrogen and oxygen atoms in total. The molecule has 1 amide bonds. The van der Waals surface area contributed by atoms with Crippen molar-refractivity contribution in [1.29, 1.82) is 0 Å². The number of nitrogens with zero attached hydrogens (tertiary/aromatic N) is 3. The van der Waals surface area contributed by atoms with Crippen molar-refractivity contribution in [2.45, 2.75) is 44.0 Å². The molecule has 4 aromatic rings. The van der Waals surface area contributed by atoms with Crippen LogP contribution in [0.2, 0.25) is 0 Å². The Hall–Kier alpha value is -3.75. The number of thiocarbonyl (C=S) groups is 1. The van der Waals surface area contributed by atoms with Crippen molar-refractivity contribution in [1.82, 2.24) is 19.8 Å². The maximum Gasteiger partial charge on any atom is 0.226 e. The Morgan fingerprint density at radius 1 is 1.08 bits per heavy atom. The van der Waals surface area contributed by atoms with Gasteiger partial charge in [-0.1, -0.05) is 42.5 Å². The monoisotopic (exact) mass is 525 g/mol. The summed E-state index contributed by atoms with van der Waals surface area (Å²) >= 11 is 5.82. The first kappa shape index (κ1) is 24.6. The van der Waals surface area contributed by atoms with Gasteiger partial charge in [-0.15, -0.1) is 0 Å². The van der Waals surface area contributed by atoms with E-state index in [0.717, 1.165) is 53.8 Å². The molecule has 2 fully saturated rings. The van der Waals surface area contributed by atoms with Crippen molar-refractivity contribution >= 4 is 39.7 Å². The Labute approximate surface area is 227 Å². The second-order valence-electron chi connectivity index (χ2n) is 9.87. The summed E-state index contributed by atoms with van der Waals surface area (Å²) in [6.45, 7) is 2.11. The summed E-state index contributed by atoms with van der Waals surface area (Å²) in [5.74, 6) is -0.0427. The van der Waals surface area contributed by atoms with Gasteiger partial charge in [0.1, 0.15) is 0 Å². The number of nitrogens with one attached hydrogen (secondary N) is 2. The first-order valence-electron chi connectivity index (χ1n) is 13.2. The highest BCUT2D eigenvalue weighted by atomic mass is 32.1. The van der Waals surface area contributed by atoms with E-state index < -0.39 is 0 Å². The van der Waals surface area contributed by atoms with E-state index in [1.54, 1.807) is 0 Å². The molecule has 2 aliphatic rings. The molecule has 2 aliphatic heterocycles. The highest BCUT2D eigenvalue weighted by Gasteiger charge is 2.41. The van der Waals surface area contributed by atoms with E-state index in [1.165, 1.54) is 0 Å². The van der Waals surface area contributed by atoms with Gasteiger partial charge in [-0.3, -0.25) is 9.78 Å². The number of fused-ring (bicyclic) bond motifs is 1. The summed E-state index contributed by atoms with van der Waals surface area (Å²) < 4.78 is 8.20. The number of rotatable bonds is 8. The van der Waals surface area contributed by atoms with Crippen LogP contribution in [0.3, 0.4) is 0 Å². The van der Waals surface area contributed by atoms with E-state index in [0.29, 0.717) is 18.1 Å². The minimum absolute atomic E-state index is 0.0427. The summed E-state index contributed by atoms with van der Waals surface area (Å²) in [6.07, 6.45) is 6.62. The Morgan fingerprint density at radius 3 is 2.79 bits per heavy atom. The largest absolute Gasteiger partial charge is 0.376 e. The molecule has 0 radical (unpaired) electrons. The van der Waals surface area contributed by atoms with Crippen LogP contribution < -0.4 is 10.6 Å². The number of pyridine rings is 1. The van der Waals surface area contributed by atoms with Crippen LogP contribution in [-0.4, -0.2) is 44.7 Å². The van der Waals surface area contributed by atoms with E-state index in [2.05, 4.69) is 43.4 Å². The van der Waals surface area contributed by atoms with Crippen molar-refractivity contribution in [3.63, 3.8) is 0 Å². The van der Waals surface area contributed by atoms with Crippen LogP contribution in [0.25, 0.3) is 10.8 Å². The Bertz CT molecular complexity index is 1430. The van der Waals surface area contributed by atoms with Crippen LogP contribution in [0.4, 0.5) is 5.69 Å². The number of ether oxygens (including phenoxy) is 1. The van der Waals surface area contributed by atoms with Crippen molar-refractivity contribution in [2.24, 2.45) is 0 Å². The fourth-order valence-electron chi connectivity index (χ4n) is 5.61. The van der Waals surface area contributed by atoms with Crippen molar-refractivity contribution in [2.75, 3.05) is 18.5 Å². The third kappa shape index (κ3) is 5.01. The summed E-state index contributed by atoms with van der Waals surface area (Å²) in [7, 11) is 0. The lowest BCUT2D eigenvalue weighted by Crippen LogP contribution is -2.33. The van der Waals surface area contributed by atoms with Gasteiger partial charge in [0.05, 0.1) is 23.9 Å². The highest BCUT2D eigenvalue weighted by molar-refractivity contribution is 7.80. The standard InChI is InChI=1S/C30H31N5O2S/c36-27(32-24-13-5-9-21-8-1-2-11-23(21)24)15-18-35-29(28(33-30(35)38)25-12-3-4-16-31-25)26-14-6-17-34(26)20-22-10-7-19-37-22/h1-6,8-9,11-14,16-17,22,28-29H,7,10,15,18-20H2,(H,32,36)(H,33,38)/t22-,28+,29+/m0/s1. The molecule has 38 heavy (non-hydrogen) atoms. The van der Waals surface area contributed by atoms with E-state index in [9.17, 15) is 4.79 Å². The summed E-state index contributed by atoms with van der Waals surface area (Å²) in [4.78, 5) is 19.9. The number of carbonyl (C=O) groups excluding carboxylic acids is 1. The predicted molar refractivity (Wildman–Crippen MR) is 153 cm³/mol. The van der Waals surface area contributed by atoms with Gasteiger partial charge >= 0.3 is 0 Å². The van der Waals surface area contributed by atoms with Crippen LogP contribution in [0, 0.1) is 0 Å². The van der Waals surface area contributed by atoms with Crippen LogP contribution in [-0.2, 0) is 16.1 Å². The van der Waals surface area contributed by atoms with E-state index >= 15 is 0 Å². The molecule has 0 unspecified atom stereocenters. The molecule has 0 saturated carbocycles. The molecule has 2 N–H and O–H groups in total. The Balaban J connectivity index is 1.24. The molecular formula is C30H31N5O2S. The molecule has 2 aromatic heterocycles. The SMILES string of the molecule is O=C(CCN1C(=S)N[C@H](c2ccccn2)[C@H]1c1cccn1C[C@@H]1CCCO1)Nc1cccc2ccccc12. The highest BCUT2D eigenvalue weighted by Crippen LogP contribution is 2.39. The lowest BCUT2D eigenvalue weighted by molar-refractivity contribution is -0.116. The van der Waals surface area contributed by atoms with Gasteiger partial charge in [-0.05, 0) is 60.8 Å². The van der Waals surface area contributed by atoms with Gasteiger partial charge in [0.15, 0.2) is 5.11 Å². The average Bonchev–Trinajstić information content (AvgIpc) is 3.69. The molecule has 0 aliphatic carbocycles. The number of aromatic nitrogens is 2. The zero-order valence-corrected chi connectivity index (χ0v) is 21.9. The molecule has 4 heterocycles. The minimum Gasteiger partial charge on any atom is -0.376 e. The first-order valence-corrected chi connectivity index (χ1v) is 13.6. The molecule has 194 valence electrons. The van der Waals surface area contributed by atoms with Gasteiger partial charge in [-0.25, -0.2) is 0 Å². The number of carbonyl (C=O) groups is 1. The van der Waals surface area contributed by atoms with Crippen LogP contribution in [0.1, 0.15) is 42.7 Å². The number of hydrogen-bond donors (Lipinski definition) is 2. The second-order valence-corrected chi connectivity index (χ2v) is 10.3. The Morgan fingerprint density at radius 2 is 1.95 bits per heavy atom. The molecule has 0 bridgehead atoms. The van der Waals surface area contributed by atoms with Crippen molar-refractivity contribution < 1.29 is 9.53 Å². The number of amides is 1. The molecular weight excluding hydrogens is 494 g/mol. The van der Waals surface area contributed by atoms with Crippen LogP contribution in [0.5, 0.6) is 0 Å². The van der Waals surface area contributed by atoms with E-state index in [-0.39, 0.29) is 24.1 Å². The fraction of sp³-hybridized carbons (Fsp3) is 0.300. The van der Waals surface area contributed by atoms with Crippen LogP contribution in [0.15, 0.2) is 85.2 Å². The molecule has 3 atom stereocenters. The number of anilines is 1. The average molecular weight is 526 g/mol. The van der Waals surface area contributed by atoms with Gasteiger partial charge < -0.3 is 24.8 Å². The fourth-order valence-corrected chi connectivity index (χ4v) is 5.94. The van der Waals surface area contributed by atoms with Gasteiger partial charge in [0.25, 0.3) is 0 Å².